The summed E-state index contributed by atoms with van der Waals surface area (Å²) in [6.45, 7) is 26.9. The summed E-state index contributed by atoms with van der Waals surface area (Å²) in [5.41, 5.74) is 19.2. The van der Waals surface area contributed by atoms with E-state index in [1.807, 2.05) is 0 Å². The summed E-state index contributed by atoms with van der Waals surface area (Å²) in [4.78, 5) is 0. The fourth-order valence-electron chi connectivity index (χ4n) is 11.5. The molecule has 0 N–H and O–H groups in total. The summed E-state index contributed by atoms with van der Waals surface area (Å²) in [5.74, 6) is 1.81. The predicted molar refractivity (Wildman–Crippen MR) is 274 cm³/mol. The zero-order chi connectivity index (χ0) is 45.1. The molecule has 5 heterocycles. The van der Waals surface area contributed by atoms with Crippen LogP contribution in [0.2, 0.25) is 19.6 Å². The van der Waals surface area contributed by atoms with E-state index in [0.29, 0.717) is 5.92 Å². The highest BCUT2D eigenvalue weighted by Crippen LogP contribution is 2.49. The maximum absolute atomic E-state index is 7.17. The van der Waals surface area contributed by atoms with E-state index in [9.17, 15) is 0 Å². The molecule has 2 aliphatic heterocycles. The molecule has 9 aromatic rings. The van der Waals surface area contributed by atoms with E-state index < -0.39 is 8.07 Å². The van der Waals surface area contributed by atoms with E-state index in [1.54, 1.807) is 5.19 Å². The first-order valence-electron chi connectivity index (χ1n) is 23.8. The lowest BCUT2D eigenvalue weighted by Crippen LogP contribution is -2.57. The lowest BCUT2D eigenvalue weighted by atomic mass is 9.77. The van der Waals surface area contributed by atoms with Gasteiger partial charge in [0.1, 0.15) is 16.8 Å². The average molecular weight is 868 g/mol. The van der Waals surface area contributed by atoms with Gasteiger partial charge in [-0.3, -0.25) is 0 Å². The predicted octanol–water partition coefficient (Wildman–Crippen LogP) is 14.2. The Hall–Kier alpha value is -6.30. The van der Waals surface area contributed by atoms with Gasteiger partial charge in [0.25, 0.3) is 0 Å². The summed E-state index contributed by atoms with van der Waals surface area (Å²) >= 11 is 0. The SMILES string of the molecule is C=C1C2C(CCc3ccc4c(oc5ccccc54)c3-c3n(-c4c(-c5ccccc5)cccc4C(C)(C)C)c4ccccc4[n+]31)c1cc(C)ccc1-c1cc(CC(C)C)c([Si](C)(C)C)c[n+]12. The number of hydrogen-bond donors (Lipinski definition) is 0. The number of hydrogen-bond acceptors (Lipinski definition) is 1. The van der Waals surface area contributed by atoms with Gasteiger partial charge in [0.15, 0.2) is 28.5 Å². The second-order valence-corrected chi connectivity index (χ2v) is 26.4. The minimum Gasteiger partial charge on any atom is -0.455 e. The molecule has 0 saturated carbocycles. The molecule has 0 saturated heterocycles. The first-order valence-corrected chi connectivity index (χ1v) is 27.3. The van der Waals surface area contributed by atoms with Gasteiger partial charge < -0.3 is 4.42 Å². The van der Waals surface area contributed by atoms with Crippen LogP contribution in [-0.4, -0.2) is 12.6 Å². The van der Waals surface area contributed by atoms with Gasteiger partial charge in [-0.1, -0.05) is 163 Å². The molecule has 6 aromatic carbocycles. The number of aryl methyl sites for hydroxylation is 2. The Bertz CT molecular complexity index is 3390. The van der Waals surface area contributed by atoms with Crippen molar-refractivity contribution in [1.29, 1.82) is 0 Å². The molecular formula is C60H61N3OSi+2. The molecule has 2 unspecified atom stereocenters. The lowest BCUT2D eigenvalue weighted by molar-refractivity contribution is -0.723. The van der Waals surface area contributed by atoms with E-state index >= 15 is 0 Å². The summed E-state index contributed by atoms with van der Waals surface area (Å²) in [6, 6.07) is 49.9. The Balaban J connectivity index is 1.33. The number of fused-ring (bicyclic) bond motifs is 15. The van der Waals surface area contributed by atoms with Crippen molar-refractivity contribution in [2.45, 2.75) is 97.8 Å². The molecule has 0 aliphatic carbocycles. The topological polar surface area (TPSA) is 25.8 Å². The molecule has 0 fully saturated rings. The van der Waals surface area contributed by atoms with Crippen molar-refractivity contribution in [3.05, 3.63) is 174 Å². The normalized spacial score (nSPS) is 16.2. The zero-order valence-corrected chi connectivity index (χ0v) is 40.6. The van der Waals surface area contributed by atoms with Gasteiger partial charge in [-0.15, -0.1) is 0 Å². The number of imidazole rings is 1. The van der Waals surface area contributed by atoms with Gasteiger partial charge in [0, 0.05) is 38.7 Å². The first-order chi connectivity index (χ1) is 31.2. The number of benzene rings is 6. The monoisotopic (exact) mass is 867 g/mol. The smallest absolute Gasteiger partial charge is 0.304 e. The van der Waals surface area contributed by atoms with Crippen molar-refractivity contribution in [2.24, 2.45) is 5.92 Å². The number of rotatable bonds is 5. The van der Waals surface area contributed by atoms with Crippen LogP contribution in [0.5, 0.6) is 0 Å². The van der Waals surface area contributed by atoms with Crippen molar-refractivity contribution >= 4 is 51.9 Å². The largest absolute Gasteiger partial charge is 0.455 e. The van der Waals surface area contributed by atoms with Crippen LogP contribution in [0.4, 0.5) is 0 Å². The summed E-state index contributed by atoms with van der Waals surface area (Å²) in [5, 5.41) is 3.82. The highest BCUT2D eigenvalue weighted by molar-refractivity contribution is 6.89. The van der Waals surface area contributed by atoms with Crippen molar-refractivity contribution < 1.29 is 13.6 Å². The van der Waals surface area contributed by atoms with E-state index in [0.717, 1.165) is 69.3 Å². The third-order valence-electron chi connectivity index (χ3n) is 14.4. The van der Waals surface area contributed by atoms with Crippen molar-refractivity contribution in [1.82, 2.24) is 4.57 Å². The van der Waals surface area contributed by atoms with Gasteiger partial charge >= 0.3 is 5.82 Å². The number of pyridine rings is 1. The zero-order valence-electron chi connectivity index (χ0n) is 39.6. The van der Waals surface area contributed by atoms with Crippen LogP contribution >= 0.6 is 0 Å². The third-order valence-corrected chi connectivity index (χ3v) is 16.4. The van der Waals surface area contributed by atoms with E-state index in [1.165, 1.54) is 55.9 Å². The van der Waals surface area contributed by atoms with Crippen LogP contribution in [0, 0.1) is 12.8 Å². The molecule has 0 radical (unpaired) electrons. The van der Waals surface area contributed by atoms with Crippen molar-refractivity contribution in [3.63, 3.8) is 0 Å². The van der Waals surface area contributed by atoms with Gasteiger partial charge in [-0.25, -0.2) is 0 Å². The summed E-state index contributed by atoms with van der Waals surface area (Å²) in [6.07, 6.45) is 5.49. The van der Waals surface area contributed by atoms with E-state index in [2.05, 4.69) is 215 Å². The Morgan fingerprint density at radius 1 is 0.800 bits per heavy atom. The standard InChI is InChI=1S/C60H61N3OSi/c1-37(2)33-42-35-52-44-30-27-38(3)34-48(44)46-31-28-41-29-32-47-45-21-14-17-26-53(45)64-58(47)55(41)59-62(39(4)56(46)61(52)36-54(42)65(8,9)10)50-24-15-16-25-51(50)63(59)57-43(40-19-12-11-13-20-40)22-18-23-49(57)60(5,6)7/h11-27,29-30,32,34-37,46,56H,4,28,31,33H2,1-3,5-10H3/q+2. The number of furan rings is 1. The molecular weight excluding hydrogens is 807 g/mol. The lowest BCUT2D eigenvalue weighted by Gasteiger charge is -2.32. The van der Waals surface area contributed by atoms with Crippen LogP contribution in [0.15, 0.2) is 151 Å². The highest BCUT2D eigenvalue weighted by atomic mass is 28.3. The van der Waals surface area contributed by atoms with Crippen LogP contribution in [0.25, 0.3) is 78.1 Å². The fourth-order valence-corrected chi connectivity index (χ4v) is 13.2. The maximum atomic E-state index is 7.17. The van der Waals surface area contributed by atoms with Crippen molar-refractivity contribution in [3.8, 4) is 39.5 Å². The maximum Gasteiger partial charge on any atom is 0.304 e. The molecule has 11 rings (SSSR count). The molecule has 0 bridgehead atoms. The summed E-state index contributed by atoms with van der Waals surface area (Å²) < 4.78 is 15.0. The quantitative estimate of drug-likeness (QED) is 0.125. The van der Waals surface area contributed by atoms with Crippen molar-refractivity contribution in [2.75, 3.05) is 0 Å². The molecule has 4 nitrogen and oxygen atoms in total. The van der Waals surface area contributed by atoms with Gasteiger partial charge in [-0.05, 0) is 90.6 Å². The molecule has 0 amide bonds. The Morgan fingerprint density at radius 2 is 1.55 bits per heavy atom. The first kappa shape index (κ1) is 41.4. The van der Waals surface area contributed by atoms with Crippen LogP contribution in [-0.2, 0) is 18.3 Å². The van der Waals surface area contributed by atoms with Gasteiger partial charge in [0.05, 0.1) is 14.0 Å². The van der Waals surface area contributed by atoms with Gasteiger partial charge in [0.2, 0.25) is 11.7 Å². The second-order valence-electron chi connectivity index (χ2n) is 21.4. The van der Waals surface area contributed by atoms with E-state index in [-0.39, 0.29) is 17.4 Å². The second kappa shape index (κ2) is 15.1. The van der Waals surface area contributed by atoms with E-state index in [4.69, 9.17) is 11.0 Å². The number of allylic oxidation sites excluding steroid dienone is 1. The average Bonchev–Trinajstić information content (AvgIpc) is 3.83. The Kier molecular flexibility index (Phi) is 9.64. The molecule has 324 valence electrons. The minimum atomic E-state index is -1.81. The molecule has 2 aliphatic rings. The Labute approximate surface area is 385 Å². The highest BCUT2D eigenvalue weighted by Gasteiger charge is 2.49. The van der Waals surface area contributed by atoms with Crippen LogP contribution in [0.1, 0.15) is 80.8 Å². The molecule has 5 heteroatoms. The number of nitrogens with zero attached hydrogens (tertiary/aromatic N) is 3. The van der Waals surface area contributed by atoms with Gasteiger partial charge in [-0.2, -0.15) is 13.7 Å². The van der Waals surface area contributed by atoms with Crippen LogP contribution in [0.3, 0.4) is 0 Å². The minimum absolute atomic E-state index is 0.0579. The fraction of sp³-hybridized carbons (Fsp3) is 0.267. The molecule has 0 spiro atoms. The Morgan fingerprint density at radius 3 is 2.32 bits per heavy atom. The molecule has 2 atom stereocenters. The molecule has 65 heavy (non-hydrogen) atoms. The molecule has 3 aromatic heterocycles. The van der Waals surface area contributed by atoms with Crippen LogP contribution < -0.4 is 14.3 Å². The number of para-hydroxylation sites is 4. The number of aromatic nitrogens is 3. The summed E-state index contributed by atoms with van der Waals surface area (Å²) in [7, 11) is -1.81. The third kappa shape index (κ3) is 6.60.